The zero-order valence-electron chi connectivity index (χ0n) is 8.59. The fourth-order valence-electron chi connectivity index (χ4n) is 1.55. The van der Waals surface area contributed by atoms with Crippen LogP contribution in [0.2, 0.25) is 5.02 Å². The van der Waals surface area contributed by atoms with Gasteiger partial charge in [-0.2, -0.15) is 0 Å². The summed E-state index contributed by atoms with van der Waals surface area (Å²) in [5, 5.41) is 2.58. The molecule has 84 valence electrons. The number of methoxy groups -OCH3 is 2. The van der Waals surface area contributed by atoms with Crippen molar-refractivity contribution in [2.45, 2.75) is 0 Å². The van der Waals surface area contributed by atoms with Gasteiger partial charge in [0.1, 0.15) is 16.5 Å². The van der Waals surface area contributed by atoms with E-state index >= 15 is 0 Å². The van der Waals surface area contributed by atoms with E-state index in [2.05, 4.69) is 5.32 Å². The van der Waals surface area contributed by atoms with E-state index < -0.39 is 11.7 Å². The highest BCUT2D eigenvalue weighted by Gasteiger charge is 2.35. The van der Waals surface area contributed by atoms with E-state index in [0.717, 1.165) is 0 Å². The fourth-order valence-corrected chi connectivity index (χ4v) is 1.82. The lowest BCUT2D eigenvalue weighted by Gasteiger charge is -2.10. The van der Waals surface area contributed by atoms with Gasteiger partial charge in [-0.3, -0.25) is 9.59 Å². The van der Waals surface area contributed by atoms with E-state index in [1.165, 1.54) is 20.3 Å². The van der Waals surface area contributed by atoms with Crippen LogP contribution in [-0.2, 0) is 4.79 Å². The predicted octanol–water partition coefficient (Wildman–Crippen LogP) is 1.49. The first-order chi connectivity index (χ1) is 7.60. The zero-order chi connectivity index (χ0) is 11.9. The van der Waals surface area contributed by atoms with Crippen LogP contribution in [0.15, 0.2) is 6.07 Å². The van der Waals surface area contributed by atoms with E-state index in [9.17, 15) is 9.59 Å². The van der Waals surface area contributed by atoms with E-state index in [-0.39, 0.29) is 22.0 Å². The normalized spacial score (nSPS) is 13.4. The van der Waals surface area contributed by atoms with Gasteiger partial charge in [0.25, 0.3) is 11.7 Å². The highest BCUT2D eigenvalue weighted by atomic mass is 35.5. The van der Waals surface area contributed by atoms with Gasteiger partial charge in [0, 0.05) is 6.07 Å². The Bertz CT molecular complexity index is 498. The lowest BCUT2D eigenvalue weighted by Crippen LogP contribution is -2.12. The molecule has 0 aliphatic carbocycles. The van der Waals surface area contributed by atoms with Crippen LogP contribution in [0.3, 0.4) is 0 Å². The first-order valence-corrected chi connectivity index (χ1v) is 4.78. The highest BCUT2D eigenvalue weighted by Crippen LogP contribution is 2.43. The van der Waals surface area contributed by atoms with Crippen molar-refractivity contribution in [3.63, 3.8) is 0 Å². The molecular formula is C10H8ClNO4. The van der Waals surface area contributed by atoms with Crippen molar-refractivity contribution in [2.75, 3.05) is 19.5 Å². The Balaban J connectivity index is 2.73. The van der Waals surface area contributed by atoms with Gasteiger partial charge in [-0.1, -0.05) is 11.6 Å². The quantitative estimate of drug-likeness (QED) is 0.797. The standard InChI is InChI=1S/C10H8ClNO4/c1-15-4-3-5(16-2)7(11)8-6(4)9(13)10(14)12-8/h3H,1-2H3,(H,12,13,14). The largest absolute Gasteiger partial charge is 0.496 e. The number of fused-ring (bicyclic) bond motifs is 1. The Morgan fingerprint density at radius 3 is 2.38 bits per heavy atom. The second-order valence-corrected chi connectivity index (χ2v) is 3.51. The lowest BCUT2D eigenvalue weighted by molar-refractivity contribution is -0.112. The van der Waals surface area contributed by atoms with Crippen LogP contribution in [-0.4, -0.2) is 25.9 Å². The van der Waals surface area contributed by atoms with Gasteiger partial charge in [-0.25, -0.2) is 0 Å². The number of carbonyl (C=O) groups is 2. The molecule has 1 heterocycles. The molecule has 0 aromatic heterocycles. The van der Waals surface area contributed by atoms with Gasteiger partial charge in [0.2, 0.25) is 0 Å². The molecule has 1 aliphatic rings. The van der Waals surface area contributed by atoms with Crippen molar-refractivity contribution in [3.05, 3.63) is 16.7 Å². The summed E-state index contributed by atoms with van der Waals surface area (Å²) in [6, 6.07) is 1.47. The van der Waals surface area contributed by atoms with Crippen LogP contribution in [0.1, 0.15) is 10.4 Å². The summed E-state index contributed by atoms with van der Waals surface area (Å²) >= 11 is 5.97. The molecule has 0 saturated carbocycles. The first-order valence-electron chi connectivity index (χ1n) is 4.40. The molecule has 0 bridgehead atoms. The van der Waals surface area contributed by atoms with Gasteiger partial charge >= 0.3 is 0 Å². The number of carbonyl (C=O) groups excluding carboxylic acids is 2. The van der Waals surface area contributed by atoms with E-state index in [4.69, 9.17) is 21.1 Å². The van der Waals surface area contributed by atoms with Crippen LogP contribution >= 0.6 is 11.6 Å². The number of nitrogens with one attached hydrogen (secondary N) is 1. The Morgan fingerprint density at radius 1 is 1.19 bits per heavy atom. The molecule has 1 aliphatic heterocycles. The molecule has 1 N–H and O–H groups in total. The maximum Gasteiger partial charge on any atom is 0.297 e. The molecule has 0 atom stereocenters. The van der Waals surface area contributed by atoms with Gasteiger partial charge < -0.3 is 14.8 Å². The van der Waals surface area contributed by atoms with Gasteiger partial charge in [0.15, 0.2) is 0 Å². The second kappa shape index (κ2) is 3.68. The molecule has 16 heavy (non-hydrogen) atoms. The minimum atomic E-state index is -0.719. The third kappa shape index (κ3) is 1.32. The molecule has 1 aromatic carbocycles. The Hall–Kier alpha value is -1.75. The lowest BCUT2D eigenvalue weighted by atomic mass is 10.1. The Morgan fingerprint density at radius 2 is 1.81 bits per heavy atom. The van der Waals surface area contributed by atoms with Gasteiger partial charge in [-0.15, -0.1) is 0 Å². The van der Waals surface area contributed by atoms with Crippen LogP contribution < -0.4 is 14.8 Å². The van der Waals surface area contributed by atoms with Crippen LogP contribution in [0.5, 0.6) is 11.5 Å². The molecule has 0 saturated heterocycles. The summed E-state index contributed by atoms with van der Waals surface area (Å²) < 4.78 is 10.0. The number of hydrogen-bond acceptors (Lipinski definition) is 4. The smallest absolute Gasteiger partial charge is 0.297 e. The summed E-state index contributed by atoms with van der Waals surface area (Å²) in [5.41, 5.74) is 0.395. The van der Waals surface area contributed by atoms with Crippen molar-refractivity contribution in [3.8, 4) is 11.5 Å². The average Bonchev–Trinajstić information content (AvgIpc) is 2.58. The number of Topliss-reactive ketones (excluding diaryl/α,β-unsaturated/α-hetero) is 1. The van der Waals surface area contributed by atoms with Crippen molar-refractivity contribution in [1.82, 2.24) is 0 Å². The van der Waals surface area contributed by atoms with Crippen LogP contribution in [0, 0.1) is 0 Å². The third-order valence-corrected chi connectivity index (χ3v) is 2.68. The molecule has 1 aromatic rings. The summed E-state index contributed by atoms with van der Waals surface area (Å²) in [5.74, 6) is -0.772. The maximum absolute atomic E-state index is 11.5. The van der Waals surface area contributed by atoms with E-state index in [1.54, 1.807) is 0 Å². The number of anilines is 1. The van der Waals surface area contributed by atoms with Crippen LogP contribution in [0.4, 0.5) is 5.69 Å². The molecule has 0 unspecified atom stereocenters. The summed E-state index contributed by atoms with van der Waals surface area (Å²) in [4.78, 5) is 22.8. The number of ketones is 1. The molecule has 0 spiro atoms. The molecule has 2 rings (SSSR count). The van der Waals surface area contributed by atoms with Crippen LogP contribution in [0.25, 0.3) is 0 Å². The van der Waals surface area contributed by atoms with Crippen molar-refractivity contribution < 1.29 is 19.1 Å². The number of ether oxygens (including phenoxy) is 2. The maximum atomic E-state index is 11.5. The monoisotopic (exact) mass is 241 g/mol. The summed E-state index contributed by atoms with van der Waals surface area (Å²) in [6.45, 7) is 0. The minimum Gasteiger partial charge on any atom is -0.496 e. The fraction of sp³-hybridized carbons (Fsp3) is 0.200. The minimum absolute atomic E-state index is 0.151. The Labute approximate surface area is 96.3 Å². The number of halogens is 1. The SMILES string of the molecule is COc1cc(OC)c2c(c1Cl)NC(=O)C2=O. The number of benzene rings is 1. The van der Waals surface area contributed by atoms with Gasteiger partial charge in [-0.05, 0) is 0 Å². The number of amides is 1. The van der Waals surface area contributed by atoms with Crippen molar-refractivity contribution in [1.29, 1.82) is 0 Å². The van der Waals surface area contributed by atoms with E-state index in [1.807, 2.05) is 0 Å². The molecule has 0 fully saturated rings. The molecule has 1 amide bonds. The topological polar surface area (TPSA) is 64.6 Å². The first kappa shape index (κ1) is 10.8. The van der Waals surface area contributed by atoms with Crippen molar-refractivity contribution in [2.24, 2.45) is 0 Å². The predicted molar refractivity (Wildman–Crippen MR) is 57.5 cm³/mol. The molecule has 5 nitrogen and oxygen atoms in total. The zero-order valence-corrected chi connectivity index (χ0v) is 9.34. The number of rotatable bonds is 2. The molecular weight excluding hydrogens is 234 g/mol. The highest BCUT2D eigenvalue weighted by molar-refractivity contribution is 6.54. The Kier molecular flexibility index (Phi) is 2.47. The summed E-state index contributed by atoms with van der Waals surface area (Å²) in [6.07, 6.45) is 0. The molecule has 0 radical (unpaired) electrons. The van der Waals surface area contributed by atoms with E-state index in [0.29, 0.717) is 5.75 Å². The number of hydrogen-bond donors (Lipinski definition) is 1. The second-order valence-electron chi connectivity index (χ2n) is 3.13. The van der Waals surface area contributed by atoms with Crippen molar-refractivity contribution >= 4 is 29.0 Å². The van der Waals surface area contributed by atoms with Gasteiger partial charge in [0.05, 0.1) is 25.5 Å². The third-order valence-electron chi connectivity index (χ3n) is 2.31. The summed E-state index contributed by atoms with van der Waals surface area (Å²) in [7, 11) is 2.84. The average molecular weight is 242 g/mol. The molecule has 6 heteroatoms.